The Labute approximate surface area is 166 Å². The number of amides is 1. The highest BCUT2D eigenvalue weighted by Gasteiger charge is 2.11. The molecule has 2 aromatic heterocycles. The zero-order valence-electron chi connectivity index (χ0n) is 16.0. The van der Waals surface area contributed by atoms with Gasteiger partial charge >= 0.3 is 0 Å². The second kappa shape index (κ2) is 7.59. The van der Waals surface area contributed by atoms with E-state index in [9.17, 15) is 9.59 Å². The van der Waals surface area contributed by atoms with E-state index in [0.29, 0.717) is 22.5 Å². The van der Waals surface area contributed by atoms with E-state index in [1.54, 1.807) is 31.3 Å². The fourth-order valence-electron chi connectivity index (χ4n) is 2.88. The average Bonchev–Trinajstić information content (AvgIpc) is 3.09. The molecule has 0 atom stereocenters. The maximum Gasteiger partial charge on any atom is 0.264 e. The van der Waals surface area contributed by atoms with Crippen LogP contribution in [0.5, 0.6) is 11.5 Å². The van der Waals surface area contributed by atoms with Crippen molar-refractivity contribution in [3.63, 3.8) is 0 Å². The number of aryl methyl sites for hydroxylation is 2. The van der Waals surface area contributed by atoms with Gasteiger partial charge in [0.2, 0.25) is 5.91 Å². The Morgan fingerprint density at radius 3 is 2.41 bits per heavy atom. The van der Waals surface area contributed by atoms with Gasteiger partial charge in [0, 0.05) is 12.7 Å². The predicted octanol–water partition coefficient (Wildman–Crippen LogP) is 2.87. The third kappa shape index (κ3) is 4.01. The number of hydrogen-bond donors (Lipinski definition) is 1. The quantitative estimate of drug-likeness (QED) is 0.567. The van der Waals surface area contributed by atoms with Crippen LogP contribution in [0.25, 0.3) is 11.0 Å². The first-order chi connectivity index (χ1) is 14.0. The molecule has 0 saturated carbocycles. The third-order valence-corrected chi connectivity index (χ3v) is 4.43. The Balaban J connectivity index is 1.41. The van der Waals surface area contributed by atoms with Crippen molar-refractivity contribution < 1.29 is 9.53 Å². The number of rotatable bonds is 5. The van der Waals surface area contributed by atoms with Crippen LogP contribution in [0.3, 0.4) is 0 Å². The summed E-state index contributed by atoms with van der Waals surface area (Å²) < 4.78 is 8.55. The molecule has 1 N–H and O–H groups in total. The van der Waals surface area contributed by atoms with Crippen molar-refractivity contribution >= 4 is 22.6 Å². The fourth-order valence-corrected chi connectivity index (χ4v) is 2.88. The molecule has 0 saturated heterocycles. The molecule has 0 aliphatic carbocycles. The van der Waals surface area contributed by atoms with Crippen LogP contribution in [0.15, 0.2) is 65.8 Å². The Bertz CT molecular complexity index is 1220. The van der Waals surface area contributed by atoms with Crippen LogP contribution in [0.1, 0.15) is 5.56 Å². The van der Waals surface area contributed by atoms with Gasteiger partial charge in [-0.2, -0.15) is 5.10 Å². The minimum absolute atomic E-state index is 0.141. The van der Waals surface area contributed by atoms with Gasteiger partial charge in [0.25, 0.3) is 5.56 Å². The fraction of sp³-hybridized carbons (Fsp3) is 0.143. The summed E-state index contributed by atoms with van der Waals surface area (Å²) in [6, 6.07) is 14.8. The Morgan fingerprint density at radius 2 is 1.72 bits per heavy atom. The Morgan fingerprint density at radius 1 is 1.07 bits per heavy atom. The summed E-state index contributed by atoms with van der Waals surface area (Å²) in [5.41, 5.74) is 1.94. The predicted molar refractivity (Wildman–Crippen MR) is 109 cm³/mol. The molecule has 0 spiro atoms. The van der Waals surface area contributed by atoms with Crippen LogP contribution < -0.4 is 15.6 Å². The summed E-state index contributed by atoms with van der Waals surface area (Å²) in [7, 11) is 1.71. The third-order valence-electron chi connectivity index (χ3n) is 4.43. The Kier molecular flexibility index (Phi) is 4.82. The summed E-state index contributed by atoms with van der Waals surface area (Å²) in [4.78, 5) is 29.0. The highest BCUT2D eigenvalue weighted by Crippen LogP contribution is 2.23. The van der Waals surface area contributed by atoms with Gasteiger partial charge in [0.05, 0.1) is 6.20 Å². The van der Waals surface area contributed by atoms with Gasteiger partial charge in [-0.25, -0.2) is 4.98 Å². The summed E-state index contributed by atoms with van der Waals surface area (Å²) in [5, 5.41) is 7.16. The van der Waals surface area contributed by atoms with Crippen molar-refractivity contribution in [1.82, 2.24) is 19.3 Å². The zero-order chi connectivity index (χ0) is 20.4. The van der Waals surface area contributed by atoms with Crippen LogP contribution in [0.2, 0.25) is 0 Å². The first-order valence-corrected chi connectivity index (χ1v) is 9.01. The van der Waals surface area contributed by atoms with Crippen LogP contribution >= 0.6 is 0 Å². The lowest BCUT2D eigenvalue weighted by molar-refractivity contribution is -0.116. The monoisotopic (exact) mass is 389 g/mol. The highest BCUT2D eigenvalue weighted by atomic mass is 16.5. The second-order valence-corrected chi connectivity index (χ2v) is 6.67. The van der Waals surface area contributed by atoms with E-state index in [1.807, 2.05) is 31.2 Å². The standard InChI is InChI=1S/C21H19N5O3/c1-14-3-7-16(8-4-14)29-17-9-5-15(6-10-17)24-19(27)12-26-13-22-20-18(21(26)28)11-23-25(20)2/h3-11,13H,12H2,1-2H3,(H,24,27). The van der Waals surface area contributed by atoms with Crippen molar-refractivity contribution in [1.29, 1.82) is 0 Å². The summed E-state index contributed by atoms with van der Waals surface area (Å²) in [6.45, 7) is 1.87. The Hall–Kier alpha value is -3.94. The number of carbonyl (C=O) groups is 1. The number of anilines is 1. The topological polar surface area (TPSA) is 91.0 Å². The van der Waals surface area contributed by atoms with Crippen molar-refractivity contribution in [2.45, 2.75) is 13.5 Å². The summed E-state index contributed by atoms with van der Waals surface area (Å²) >= 11 is 0. The van der Waals surface area contributed by atoms with E-state index in [0.717, 1.165) is 11.3 Å². The number of ether oxygens (including phenoxy) is 1. The molecule has 0 radical (unpaired) electrons. The van der Waals surface area contributed by atoms with Gasteiger partial charge in [-0.1, -0.05) is 17.7 Å². The van der Waals surface area contributed by atoms with Crippen LogP contribution in [0.4, 0.5) is 5.69 Å². The lowest BCUT2D eigenvalue weighted by atomic mass is 10.2. The number of nitrogens with zero attached hydrogens (tertiary/aromatic N) is 4. The van der Waals surface area contributed by atoms with E-state index in [2.05, 4.69) is 15.4 Å². The molecule has 0 fully saturated rings. The zero-order valence-corrected chi connectivity index (χ0v) is 16.0. The van der Waals surface area contributed by atoms with Crippen molar-refractivity contribution in [2.24, 2.45) is 7.05 Å². The van der Waals surface area contributed by atoms with E-state index in [4.69, 9.17) is 4.74 Å². The first-order valence-electron chi connectivity index (χ1n) is 9.01. The molecular weight excluding hydrogens is 370 g/mol. The SMILES string of the molecule is Cc1ccc(Oc2ccc(NC(=O)Cn3cnc4c(cnn4C)c3=O)cc2)cc1. The van der Waals surface area contributed by atoms with Crippen molar-refractivity contribution in [3.05, 3.63) is 77.0 Å². The molecule has 29 heavy (non-hydrogen) atoms. The molecule has 0 aliphatic heterocycles. The minimum atomic E-state index is -0.329. The average molecular weight is 389 g/mol. The number of carbonyl (C=O) groups excluding carboxylic acids is 1. The van der Waals surface area contributed by atoms with E-state index >= 15 is 0 Å². The van der Waals surface area contributed by atoms with Crippen LogP contribution in [-0.2, 0) is 18.4 Å². The molecule has 0 unspecified atom stereocenters. The first kappa shape index (κ1) is 18.4. The number of benzene rings is 2. The second-order valence-electron chi connectivity index (χ2n) is 6.67. The van der Waals surface area contributed by atoms with Crippen LogP contribution in [0, 0.1) is 6.92 Å². The van der Waals surface area contributed by atoms with Gasteiger partial charge in [0.15, 0.2) is 5.65 Å². The molecule has 2 aromatic carbocycles. The smallest absolute Gasteiger partial charge is 0.264 e. The molecule has 2 heterocycles. The van der Waals surface area contributed by atoms with Gasteiger partial charge < -0.3 is 10.1 Å². The maximum atomic E-state index is 12.4. The number of hydrogen-bond acceptors (Lipinski definition) is 5. The lowest BCUT2D eigenvalue weighted by Crippen LogP contribution is -2.27. The van der Waals surface area contributed by atoms with Crippen LogP contribution in [-0.4, -0.2) is 25.2 Å². The molecule has 4 aromatic rings. The molecule has 146 valence electrons. The normalized spacial score (nSPS) is 10.8. The largest absolute Gasteiger partial charge is 0.457 e. The van der Waals surface area contributed by atoms with Gasteiger partial charge in [-0.05, 0) is 43.3 Å². The van der Waals surface area contributed by atoms with Gasteiger partial charge in [0.1, 0.15) is 29.8 Å². The molecular formula is C21H19N5O3. The van der Waals surface area contributed by atoms with E-state index in [1.165, 1.54) is 21.8 Å². The molecule has 4 rings (SSSR count). The minimum Gasteiger partial charge on any atom is -0.457 e. The maximum absolute atomic E-state index is 12.4. The lowest BCUT2D eigenvalue weighted by Gasteiger charge is -2.09. The summed E-state index contributed by atoms with van der Waals surface area (Å²) in [6.07, 6.45) is 2.80. The molecule has 1 amide bonds. The van der Waals surface area contributed by atoms with Gasteiger partial charge in [-0.15, -0.1) is 0 Å². The highest BCUT2D eigenvalue weighted by molar-refractivity contribution is 5.90. The number of fused-ring (bicyclic) bond motifs is 1. The van der Waals surface area contributed by atoms with E-state index in [-0.39, 0.29) is 18.0 Å². The van der Waals surface area contributed by atoms with Crippen molar-refractivity contribution in [3.8, 4) is 11.5 Å². The number of aromatic nitrogens is 4. The van der Waals surface area contributed by atoms with E-state index < -0.39 is 0 Å². The van der Waals surface area contributed by atoms with Gasteiger partial charge in [-0.3, -0.25) is 18.8 Å². The molecule has 0 aliphatic rings. The number of nitrogens with one attached hydrogen (secondary N) is 1. The molecule has 0 bridgehead atoms. The molecule has 8 heteroatoms. The summed E-state index contributed by atoms with van der Waals surface area (Å²) in [5.74, 6) is 1.07. The van der Waals surface area contributed by atoms with Crippen molar-refractivity contribution in [2.75, 3.05) is 5.32 Å². The molecule has 8 nitrogen and oxygen atoms in total.